The number of likely N-dealkylation sites (tertiary alicyclic amines) is 1. The number of aryl methyl sites for hydroxylation is 2. The zero-order chi connectivity index (χ0) is 20.8. The first-order chi connectivity index (χ1) is 13.9. The molecule has 2 saturated heterocycles. The number of morpholine rings is 1. The summed E-state index contributed by atoms with van der Waals surface area (Å²) in [6.07, 6.45) is 1.91. The third-order valence-corrected chi connectivity index (χ3v) is 6.47. The molecule has 0 aliphatic carbocycles. The SMILES string of the molecule is CC(=O)N1CCC(N(CCN2CCOCC2)C(=S)Nc2ccc(C)c(C)c2)CC1. The largest absolute Gasteiger partial charge is 0.379 e. The van der Waals surface area contributed by atoms with Crippen LogP contribution >= 0.6 is 12.2 Å². The molecule has 7 heteroatoms. The van der Waals surface area contributed by atoms with Crippen molar-refractivity contribution in [2.45, 2.75) is 39.7 Å². The van der Waals surface area contributed by atoms with Crippen molar-refractivity contribution in [3.8, 4) is 0 Å². The molecule has 2 aliphatic heterocycles. The number of rotatable bonds is 5. The minimum Gasteiger partial charge on any atom is -0.379 e. The molecular weight excluding hydrogens is 384 g/mol. The van der Waals surface area contributed by atoms with Gasteiger partial charge in [-0.2, -0.15) is 0 Å². The first-order valence-corrected chi connectivity index (χ1v) is 11.1. The van der Waals surface area contributed by atoms with Gasteiger partial charge < -0.3 is 19.9 Å². The van der Waals surface area contributed by atoms with Crippen LogP contribution < -0.4 is 5.32 Å². The lowest BCUT2D eigenvalue weighted by Crippen LogP contribution is -2.52. The van der Waals surface area contributed by atoms with Crippen molar-refractivity contribution < 1.29 is 9.53 Å². The van der Waals surface area contributed by atoms with E-state index in [1.165, 1.54) is 11.1 Å². The van der Waals surface area contributed by atoms with Crippen molar-refractivity contribution in [3.05, 3.63) is 29.3 Å². The number of nitrogens with zero attached hydrogens (tertiary/aromatic N) is 3. The van der Waals surface area contributed by atoms with Crippen molar-refractivity contribution in [2.24, 2.45) is 0 Å². The summed E-state index contributed by atoms with van der Waals surface area (Å²) in [5, 5.41) is 4.24. The Labute approximate surface area is 180 Å². The van der Waals surface area contributed by atoms with E-state index >= 15 is 0 Å². The summed E-state index contributed by atoms with van der Waals surface area (Å²) in [5.74, 6) is 0.166. The number of thiocarbonyl (C=S) groups is 1. The van der Waals surface area contributed by atoms with E-state index in [0.29, 0.717) is 6.04 Å². The average Bonchev–Trinajstić information content (AvgIpc) is 2.72. The van der Waals surface area contributed by atoms with Crippen LogP contribution in [-0.2, 0) is 9.53 Å². The molecule has 29 heavy (non-hydrogen) atoms. The normalized spacial score (nSPS) is 18.5. The van der Waals surface area contributed by atoms with Crippen LogP contribution in [0.2, 0.25) is 0 Å². The topological polar surface area (TPSA) is 48.1 Å². The number of nitrogens with one attached hydrogen (secondary N) is 1. The molecule has 0 bridgehead atoms. The molecule has 1 aromatic rings. The van der Waals surface area contributed by atoms with E-state index in [4.69, 9.17) is 17.0 Å². The van der Waals surface area contributed by atoms with Gasteiger partial charge in [0.05, 0.1) is 13.2 Å². The minimum atomic E-state index is 0.166. The van der Waals surface area contributed by atoms with E-state index in [0.717, 1.165) is 76.1 Å². The van der Waals surface area contributed by atoms with Crippen LogP contribution in [0.25, 0.3) is 0 Å². The first-order valence-electron chi connectivity index (χ1n) is 10.6. The van der Waals surface area contributed by atoms with Gasteiger partial charge in [0.1, 0.15) is 0 Å². The summed E-state index contributed by atoms with van der Waals surface area (Å²) >= 11 is 5.85. The van der Waals surface area contributed by atoms with Crippen molar-refractivity contribution in [1.82, 2.24) is 14.7 Å². The molecule has 1 aromatic carbocycles. The van der Waals surface area contributed by atoms with Crippen molar-refractivity contribution in [1.29, 1.82) is 0 Å². The molecule has 0 radical (unpaired) electrons. The lowest BCUT2D eigenvalue weighted by molar-refractivity contribution is -0.130. The number of piperidine rings is 1. The fourth-order valence-corrected chi connectivity index (χ4v) is 4.39. The van der Waals surface area contributed by atoms with E-state index in [-0.39, 0.29) is 5.91 Å². The highest BCUT2D eigenvalue weighted by Gasteiger charge is 2.27. The quantitative estimate of drug-likeness (QED) is 0.742. The first kappa shape index (κ1) is 22.0. The molecular formula is C22H34N4O2S. The molecule has 0 atom stereocenters. The van der Waals surface area contributed by atoms with Gasteiger partial charge in [-0.25, -0.2) is 0 Å². The van der Waals surface area contributed by atoms with Crippen LogP contribution in [0.15, 0.2) is 18.2 Å². The van der Waals surface area contributed by atoms with E-state index in [1.54, 1.807) is 6.92 Å². The van der Waals surface area contributed by atoms with Crippen molar-refractivity contribution in [2.75, 3.05) is 57.8 Å². The maximum atomic E-state index is 11.7. The van der Waals surface area contributed by atoms with Crippen LogP contribution in [0.5, 0.6) is 0 Å². The number of benzene rings is 1. The van der Waals surface area contributed by atoms with Gasteiger partial charge in [-0.15, -0.1) is 0 Å². The van der Waals surface area contributed by atoms with Gasteiger partial charge in [-0.05, 0) is 62.2 Å². The van der Waals surface area contributed by atoms with Crippen LogP contribution in [-0.4, -0.2) is 84.2 Å². The van der Waals surface area contributed by atoms with Crippen LogP contribution in [0, 0.1) is 13.8 Å². The van der Waals surface area contributed by atoms with Gasteiger partial charge in [0.2, 0.25) is 5.91 Å². The number of amides is 1. The Kier molecular flexibility index (Phi) is 7.86. The molecule has 2 heterocycles. The molecule has 3 rings (SSSR count). The van der Waals surface area contributed by atoms with Crippen LogP contribution in [0.4, 0.5) is 5.69 Å². The molecule has 0 saturated carbocycles. The molecule has 2 aliphatic rings. The summed E-state index contributed by atoms with van der Waals surface area (Å²) in [5.41, 5.74) is 3.57. The third kappa shape index (κ3) is 6.14. The third-order valence-electron chi connectivity index (χ3n) is 6.13. The van der Waals surface area contributed by atoms with E-state index < -0.39 is 0 Å². The Bertz CT molecular complexity index is 713. The summed E-state index contributed by atoms with van der Waals surface area (Å²) in [6.45, 7) is 13.0. The highest BCUT2D eigenvalue weighted by Crippen LogP contribution is 2.20. The molecule has 1 amide bonds. The molecule has 0 aromatic heterocycles. The number of hydrogen-bond acceptors (Lipinski definition) is 4. The van der Waals surface area contributed by atoms with Crippen molar-refractivity contribution >= 4 is 28.9 Å². The number of ether oxygens (including phenoxy) is 1. The minimum absolute atomic E-state index is 0.166. The number of anilines is 1. The molecule has 2 fully saturated rings. The van der Waals surface area contributed by atoms with Crippen LogP contribution in [0.3, 0.4) is 0 Å². The predicted molar refractivity (Wildman–Crippen MR) is 121 cm³/mol. The maximum absolute atomic E-state index is 11.7. The smallest absolute Gasteiger partial charge is 0.219 e. The number of hydrogen-bond donors (Lipinski definition) is 1. The van der Waals surface area contributed by atoms with Gasteiger partial charge >= 0.3 is 0 Å². The molecule has 0 unspecified atom stereocenters. The fraction of sp³-hybridized carbons (Fsp3) is 0.636. The number of carbonyl (C=O) groups is 1. The average molecular weight is 419 g/mol. The molecule has 6 nitrogen and oxygen atoms in total. The van der Waals surface area contributed by atoms with Gasteiger partial charge in [-0.1, -0.05) is 6.07 Å². The second-order valence-electron chi connectivity index (χ2n) is 8.11. The van der Waals surface area contributed by atoms with Crippen molar-refractivity contribution in [3.63, 3.8) is 0 Å². The Morgan fingerprint density at radius 1 is 1.17 bits per heavy atom. The summed E-state index contributed by atoms with van der Waals surface area (Å²) < 4.78 is 5.47. The second kappa shape index (κ2) is 10.4. The Morgan fingerprint density at radius 2 is 1.86 bits per heavy atom. The molecule has 160 valence electrons. The van der Waals surface area contributed by atoms with E-state index in [9.17, 15) is 4.79 Å². The maximum Gasteiger partial charge on any atom is 0.219 e. The Balaban J connectivity index is 1.66. The Morgan fingerprint density at radius 3 is 2.48 bits per heavy atom. The lowest BCUT2D eigenvalue weighted by atomic mass is 10.0. The van der Waals surface area contributed by atoms with Gasteiger partial charge in [0.15, 0.2) is 5.11 Å². The number of carbonyl (C=O) groups excluding carboxylic acids is 1. The lowest BCUT2D eigenvalue weighted by Gasteiger charge is -2.40. The zero-order valence-corrected chi connectivity index (χ0v) is 18.8. The van der Waals surface area contributed by atoms with Gasteiger partial charge in [-0.3, -0.25) is 9.69 Å². The monoisotopic (exact) mass is 418 g/mol. The molecule has 1 N–H and O–H groups in total. The second-order valence-corrected chi connectivity index (χ2v) is 8.50. The summed E-state index contributed by atoms with van der Waals surface area (Å²) in [4.78, 5) is 18.4. The van der Waals surface area contributed by atoms with E-state index in [1.807, 2.05) is 4.90 Å². The fourth-order valence-electron chi connectivity index (χ4n) is 4.03. The van der Waals surface area contributed by atoms with Gasteiger partial charge in [0, 0.05) is 57.9 Å². The summed E-state index contributed by atoms with van der Waals surface area (Å²) in [7, 11) is 0. The highest BCUT2D eigenvalue weighted by molar-refractivity contribution is 7.80. The van der Waals surface area contributed by atoms with Crippen LogP contribution in [0.1, 0.15) is 30.9 Å². The molecule has 0 spiro atoms. The van der Waals surface area contributed by atoms with Gasteiger partial charge in [0.25, 0.3) is 0 Å². The Hall–Kier alpha value is -1.70. The standard InChI is InChI=1S/C22H34N4O2S/c1-17-4-5-20(16-18(17)2)23-22(29)26(11-10-24-12-14-28-15-13-24)21-6-8-25(9-7-21)19(3)27/h4-5,16,21H,6-15H2,1-3H3,(H,23,29). The summed E-state index contributed by atoms with van der Waals surface area (Å²) in [6, 6.07) is 6.73. The zero-order valence-electron chi connectivity index (χ0n) is 17.9. The predicted octanol–water partition coefficient (Wildman–Crippen LogP) is 2.65. The van der Waals surface area contributed by atoms with E-state index in [2.05, 4.69) is 47.2 Å². The highest BCUT2D eigenvalue weighted by atomic mass is 32.1.